The van der Waals surface area contributed by atoms with E-state index in [0.717, 1.165) is 11.9 Å². The number of aromatic nitrogens is 1. The zero-order valence-electron chi connectivity index (χ0n) is 7.00. The summed E-state index contributed by atoms with van der Waals surface area (Å²) in [4.78, 5) is 3.76. The number of halogens is 1. The molecule has 12 heavy (non-hydrogen) atoms. The van der Waals surface area contributed by atoms with E-state index in [2.05, 4.69) is 15.5 Å². The van der Waals surface area contributed by atoms with E-state index in [9.17, 15) is 4.39 Å². The van der Waals surface area contributed by atoms with Gasteiger partial charge in [-0.3, -0.25) is 5.43 Å². The number of anilines is 1. The first kappa shape index (κ1) is 8.64. The molecule has 1 N–H and O–H groups in total. The highest BCUT2D eigenvalue weighted by Gasteiger charge is 1.91. The van der Waals surface area contributed by atoms with Gasteiger partial charge in [0.15, 0.2) is 0 Å². The predicted octanol–water partition coefficient (Wildman–Crippen LogP) is 2.03. The molecular weight excluding hydrogens is 157 g/mol. The molecule has 0 aliphatic heterocycles. The zero-order chi connectivity index (χ0) is 8.97. The van der Waals surface area contributed by atoms with Gasteiger partial charge in [0.2, 0.25) is 0 Å². The fourth-order valence-corrected chi connectivity index (χ4v) is 0.611. The third-order valence-electron chi connectivity index (χ3n) is 1.12. The minimum Gasteiger partial charge on any atom is -0.261 e. The van der Waals surface area contributed by atoms with E-state index in [0.29, 0.717) is 5.82 Å². The molecule has 0 aromatic carbocycles. The molecule has 0 amide bonds. The molecule has 64 valence electrons. The molecule has 0 bridgehead atoms. The van der Waals surface area contributed by atoms with Crippen molar-refractivity contribution in [3.63, 3.8) is 0 Å². The van der Waals surface area contributed by atoms with Crippen LogP contribution >= 0.6 is 0 Å². The van der Waals surface area contributed by atoms with Gasteiger partial charge in [-0.05, 0) is 26.0 Å². The van der Waals surface area contributed by atoms with Gasteiger partial charge in [0.05, 0.1) is 6.20 Å². The fraction of sp³-hybridized carbons (Fsp3) is 0.250. The number of hydrogen-bond donors (Lipinski definition) is 1. The van der Waals surface area contributed by atoms with Gasteiger partial charge in [-0.2, -0.15) is 5.10 Å². The van der Waals surface area contributed by atoms with Crippen LogP contribution < -0.4 is 5.43 Å². The Morgan fingerprint density at radius 3 is 2.75 bits per heavy atom. The Labute approximate surface area is 70.3 Å². The molecule has 1 aromatic heterocycles. The summed E-state index contributed by atoms with van der Waals surface area (Å²) in [6.07, 6.45) is 1.14. The van der Waals surface area contributed by atoms with Gasteiger partial charge in [0.25, 0.3) is 0 Å². The monoisotopic (exact) mass is 167 g/mol. The van der Waals surface area contributed by atoms with Gasteiger partial charge >= 0.3 is 0 Å². The summed E-state index contributed by atoms with van der Waals surface area (Å²) in [6, 6.07) is 2.86. The minimum atomic E-state index is -0.349. The molecule has 1 heterocycles. The van der Waals surface area contributed by atoms with Gasteiger partial charge in [-0.1, -0.05) is 0 Å². The van der Waals surface area contributed by atoms with E-state index in [1.54, 1.807) is 0 Å². The normalized spacial score (nSPS) is 9.25. The summed E-state index contributed by atoms with van der Waals surface area (Å²) < 4.78 is 12.4. The largest absolute Gasteiger partial charge is 0.261 e. The van der Waals surface area contributed by atoms with Gasteiger partial charge in [0, 0.05) is 5.71 Å². The third-order valence-corrected chi connectivity index (χ3v) is 1.12. The number of nitrogens with zero attached hydrogens (tertiary/aromatic N) is 2. The van der Waals surface area contributed by atoms with E-state index < -0.39 is 0 Å². The Bertz CT molecular complexity index is 275. The van der Waals surface area contributed by atoms with Crippen molar-refractivity contribution in [3.05, 3.63) is 24.1 Å². The van der Waals surface area contributed by atoms with E-state index in [1.807, 2.05) is 13.8 Å². The van der Waals surface area contributed by atoms with Crippen molar-refractivity contribution in [1.29, 1.82) is 0 Å². The summed E-state index contributed by atoms with van der Waals surface area (Å²) in [5, 5.41) is 3.91. The first-order valence-corrected chi connectivity index (χ1v) is 3.57. The highest BCUT2D eigenvalue weighted by molar-refractivity contribution is 5.79. The lowest BCUT2D eigenvalue weighted by Crippen LogP contribution is -1.95. The average molecular weight is 167 g/mol. The van der Waals surface area contributed by atoms with Crippen molar-refractivity contribution in [2.75, 3.05) is 5.43 Å². The second-order valence-corrected chi connectivity index (χ2v) is 2.53. The molecule has 0 unspecified atom stereocenters. The molecule has 0 saturated heterocycles. The predicted molar refractivity (Wildman–Crippen MR) is 46.6 cm³/mol. The van der Waals surface area contributed by atoms with E-state index in [1.165, 1.54) is 12.1 Å². The molecule has 0 saturated carbocycles. The first-order chi connectivity index (χ1) is 5.68. The molecule has 0 aliphatic rings. The van der Waals surface area contributed by atoms with Crippen molar-refractivity contribution < 1.29 is 4.39 Å². The minimum absolute atomic E-state index is 0.349. The van der Waals surface area contributed by atoms with Crippen LogP contribution in [-0.4, -0.2) is 10.7 Å². The van der Waals surface area contributed by atoms with Crippen molar-refractivity contribution in [1.82, 2.24) is 4.98 Å². The number of pyridine rings is 1. The third kappa shape index (κ3) is 2.65. The van der Waals surface area contributed by atoms with E-state index >= 15 is 0 Å². The summed E-state index contributed by atoms with van der Waals surface area (Å²) in [6.45, 7) is 3.72. The number of hydrogen-bond acceptors (Lipinski definition) is 3. The lowest BCUT2D eigenvalue weighted by molar-refractivity contribution is 0.622. The Kier molecular flexibility index (Phi) is 2.74. The molecule has 1 rings (SSSR count). The Morgan fingerprint density at radius 1 is 1.50 bits per heavy atom. The van der Waals surface area contributed by atoms with Crippen molar-refractivity contribution in [2.45, 2.75) is 13.8 Å². The van der Waals surface area contributed by atoms with Crippen LogP contribution in [0.25, 0.3) is 0 Å². The maximum absolute atomic E-state index is 12.4. The SMILES string of the molecule is CC(C)=NNc1ccc(F)cn1. The number of nitrogens with one attached hydrogen (secondary N) is 1. The van der Waals surface area contributed by atoms with Crippen LogP contribution in [0.5, 0.6) is 0 Å². The summed E-state index contributed by atoms with van der Waals surface area (Å²) in [5.74, 6) is 0.190. The second-order valence-electron chi connectivity index (χ2n) is 2.53. The van der Waals surface area contributed by atoms with Gasteiger partial charge in [-0.15, -0.1) is 0 Å². The highest BCUT2D eigenvalue weighted by Crippen LogP contribution is 2.02. The van der Waals surface area contributed by atoms with Gasteiger partial charge in [-0.25, -0.2) is 9.37 Å². The van der Waals surface area contributed by atoms with Crippen LogP contribution in [0, 0.1) is 5.82 Å². The summed E-state index contributed by atoms with van der Waals surface area (Å²) >= 11 is 0. The van der Waals surface area contributed by atoms with Crippen LogP contribution in [0.3, 0.4) is 0 Å². The average Bonchev–Trinajstić information content (AvgIpc) is 2.03. The Morgan fingerprint density at radius 2 is 2.25 bits per heavy atom. The standard InChI is InChI=1S/C8H10FN3/c1-6(2)11-12-8-4-3-7(9)5-10-8/h3-5H,1-2H3,(H,10,12). The van der Waals surface area contributed by atoms with Gasteiger partial charge in [0.1, 0.15) is 11.6 Å². The van der Waals surface area contributed by atoms with E-state index in [-0.39, 0.29) is 5.82 Å². The lowest BCUT2D eigenvalue weighted by atomic mass is 10.4. The Hall–Kier alpha value is -1.45. The number of rotatable bonds is 2. The second kappa shape index (κ2) is 3.80. The molecule has 0 spiro atoms. The zero-order valence-corrected chi connectivity index (χ0v) is 7.00. The van der Waals surface area contributed by atoms with Crippen molar-refractivity contribution in [2.24, 2.45) is 5.10 Å². The van der Waals surface area contributed by atoms with E-state index in [4.69, 9.17) is 0 Å². The molecule has 3 nitrogen and oxygen atoms in total. The lowest BCUT2D eigenvalue weighted by Gasteiger charge is -1.98. The fourth-order valence-electron chi connectivity index (χ4n) is 0.611. The highest BCUT2D eigenvalue weighted by atomic mass is 19.1. The topological polar surface area (TPSA) is 37.3 Å². The molecule has 0 fully saturated rings. The summed E-state index contributed by atoms with van der Waals surface area (Å²) in [7, 11) is 0. The molecular formula is C8H10FN3. The maximum atomic E-state index is 12.4. The molecule has 0 atom stereocenters. The van der Waals surface area contributed by atoms with Crippen molar-refractivity contribution in [3.8, 4) is 0 Å². The van der Waals surface area contributed by atoms with Crippen LogP contribution in [-0.2, 0) is 0 Å². The molecule has 4 heteroatoms. The van der Waals surface area contributed by atoms with Gasteiger partial charge < -0.3 is 0 Å². The van der Waals surface area contributed by atoms with Crippen LogP contribution in [0.15, 0.2) is 23.4 Å². The molecule has 0 aliphatic carbocycles. The molecule has 1 aromatic rings. The molecule has 0 radical (unpaired) electrons. The number of hydrazone groups is 1. The van der Waals surface area contributed by atoms with Crippen LogP contribution in [0.1, 0.15) is 13.8 Å². The van der Waals surface area contributed by atoms with Crippen molar-refractivity contribution >= 4 is 11.5 Å². The smallest absolute Gasteiger partial charge is 0.146 e. The summed E-state index contributed by atoms with van der Waals surface area (Å²) in [5.41, 5.74) is 3.57. The van der Waals surface area contributed by atoms with Crippen LogP contribution in [0.4, 0.5) is 10.2 Å². The van der Waals surface area contributed by atoms with Crippen LogP contribution in [0.2, 0.25) is 0 Å². The first-order valence-electron chi connectivity index (χ1n) is 3.57. The Balaban J connectivity index is 2.65. The maximum Gasteiger partial charge on any atom is 0.146 e. The quantitative estimate of drug-likeness (QED) is 0.540.